The van der Waals surface area contributed by atoms with Gasteiger partial charge >= 0.3 is 0 Å². The first-order valence-electron chi connectivity index (χ1n) is 5.88. The topological polar surface area (TPSA) is 21.3 Å². The summed E-state index contributed by atoms with van der Waals surface area (Å²) in [5.41, 5.74) is 0. The van der Waals surface area contributed by atoms with E-state index in [1.54, 1.807) is 0 Å². The summed E-state index contributed by atoms with van der Waals surface area (Å²) in [6, 6.07) is 0.647. The smallest absolute Gasteiger partial charge is 0.261 e. The van der Waals surface area contributed by atoms with Gasteiger partial charge < -0.3 is 10.1 Å². The molecule has 1 rings (SSSR count). The van der Waals surface area contributed by atoms with Gasteiger partial charge in [-0.3, -0.25) is 0 Å². The zero-order chi connectivity index (χ0) is 10.9. The maximum Gasteiger partial charge on any atom is 0.261 e. The first kappa shape index (κ1) is 12.8. The van der Waals surface area contributed by atoms with E-state index in [4.69, 9.17) is 4.74 Å². The highest BCUT2D eigenvalue weighted by Crippen LogP contribution is 2.17. The molecule has 1 N–H and O–H groups in total. The Balaban J connectivity index is 1.83. The molecule has 4 heteroatoms. The molecule has 15 heavy (non-hydrogen) atoms. The highest BCUT2D eigenvalue weighted by Gasteiger charge is 2.11. The van der Waals surface area contributed by atoms with Gasteiger partial charge in [0.15, 0.2) is 0 Å². The predicted molar refractivity (Wildman–Crippen MR) is 56.3 cm³/mol. The number of ether oxygens (including phenoxy) is 1. The van der Waals surface area contributed by atoms with Gasteiger partial charge in [-0.25, -0.2) is 8.78 Å². The van der Waals surface area contributed by atoms with E-state index in [0.717, 1.165) is 13.0 Å². The summed E-state index contributed by atoms with van der Waals surface area (Å²) in [5, 5.41) is 3.44. The van der Waals surface area contributed by atoms with Crippen LogP contribution >= 0.6 is 0 Å². The van der Waals surface area contributed by atoms with E-state index in [1.807, 2.05) is 0 Å². The molecule has 0 spiro atoms. The van der Waals surface area contributed by atoms with E-state index in [-0.39, 0.29) is 0 Å². The lowest BCUT2D eigenvalue weighted by atomic mass is 9.95. The Kier molecular flexibility index (Phi) is 6.85. The minimum absolute atomic E-state index is 0.427. The van der Waals surface area contributed by atoms with Crippen LogP contribution in [0.1, 0.15) is 38.5 Å². The Morgan fingerprint density at radius 2 is 1.93 bits per heavy atom. The SMILES string of the molecule is FC(F)COCCCNC1CCCCC1. The molecule has 1 saturated carbocycles. The summed E-state index contributed by atoms with van der Waals surface area (Å²) in [7, 11) is 0. The van der Waals surface area contributed by atoms with Gasteiger partial charge in [-0.2, -0.15) is 0 Å². The van der Waals surface area contributed by atoms with Crippen LogP contribution in [0.25, 0.3) is 0 Å². The zero-order valence-electron chi connectivity index (χ0n) is 9.18. The molecule has 2 nitrogen and oxygen atoms in total. The van der Waals surface area contributed by atoms with Crippen molar-refractivity contribution in [2.45, 2.75) is 51.0 Å². The van der Waals surface area contributed by atoms with Gasteiger partial charge in [-0.05, 0) is 25.8 Å². The third-order valence-electron chi connectivity index (χ3n) is 2.75. The fourth-order valence-electron chi connectivity index (χ4n) is 1.96. The molecule has 1 aliphatic rings. The summed E-state index contributed by atoms with van der Waals surface area (Å²) in [6.45, 7) is 0.890. The molecular weight excluding hydrogens is 200 g/mol. The maximum absolute atomic E-state index is 11.7. The Labute approximate surface area is 90.4 Å². The zero-order valence-corrected chi connectivity index (χ0v) is 9.18. The highest BCUT2D eigenvalue weighted by atomic mass is 19.3. The molecule has 0 aromatic rings. The van der Waals surface area contributed by atoms with Gasteiger partial charge in [0.2, 0.25) is 0 Å². The lowest BCUT2D eigenvalue weighted by molar-refractivity contribution is 0.0166. The molecule has 1 fully saturated rings. The van der Waals surface area contributed by atoms with Crippen molar-refractivity contribution < 1.29 is 13.5 Å². The maximum atomic E-state index is 11.7. The van der Waals surface area contributed by atoms with Gasteiger partial charge in [-0.15, -0.1) is 0 Å². The molecule has 0 saturated heterocycles. The lowest BCUT2D eigenvalue weighted by Crippen LogP contribution is -2.32. The number of alkyl halides is 2. The number of rotatable bonds is 7. The molecule has 0 radical (unpaired) electrons. The van der Waals surface area contributed by atoms with Gasteiger partial charge in [-0.1, -0.05) is 19.3 Å². The average molecular weight is 221 g/mol. The Hall–Kier alpha value is -0.220. The molecule has 0 aromatic carbocycles. The fraction of sp³-hybridized carbons (Fsp3) is 1.00. The summed E-state index contributed by atoms with van der Waals surface area (Å²) in [6.07, 6.45) is 5.00. The van der Waals surface area contributed by atoms with Crippen molar-refractivity contribution in [3.8, 4) is 0 Å². The van der Waals surface area contributed by atoms with Crippen molar-refractivity contribution in [1.82, 2.24) is 5.32 Å². The van der Waals surface area contributed by atoms with Crippen LogP contribution in [0.3, 0.4) is 0 Å². The second-order valence-corrected chi connectivity index (χ2v) is 4.11. The van der Waals surface area contributed by atoms with E-state index >= 15 is 0 Å². The van der Waals surface area contributed by atoms with Crippen LogP contribution in [0.15, 0.2) is 0 Å². The second kappa shape index (κ2) is 7.99. The molecule has 0 aliphatic heterocycles. The highest BCUT2D eigenvalue weighted by molar-refractivity contribution is 4.71. The van der Waals surface area contributed by atoms with Crippen molar-refractivity contribution in [3.63, 3.8) is 0 Å². The summed E-state index contributed by atoms with van der Waals surface area (Å²) in [5.74, 6) is 0. The van der Waals surface area contributed by atoms with Crippen LogP contribution in [0, 0.1) is 0 Å². The van der Waals surface area contributed by atoms with E-state index < -0.39 is 13.0 Å². The Morgan fingerprint density at radius 3 is 2.60 bits per heavy atom. The largest absolute Gasteiger partial charge is 0.375 e. The van der Waals surface area contributed by atoms with Gasteiger partial charge in [0.25, 0.3) is 6.43 Å². The lowest BCUT2D eigenvalue weighted by Gasteiger charge is -2.22. The second-order valence-electron chi connectivity index (χ2n) is 4.11. The first-order chi connectivity index (χ1) is 7.29. The number of hydrogen-bond donors (Lipinski definition) is 1. The standard InChI is InChI=1S/C11H21F2NO/c12-11(13)9-15-8-4-7-14-10-5-2-1-3-6-10/h10-11,14H,1-9H2. The van der Waals surface area contributed by atoms with E-state index in [9.17, 15) is 8.78 Å². The van der Waals surface area contributed by atoms with Crippen LogP contribution in [-0.4, -0.2) is 32.2 Å². The van der Waals surface area contributed by atoms with Crippen molar-refractivity contribution in [2.24, 2.45) is 0 Å². The Morgan fingerprint density at radius 1 is 1.20 bits per heavy atom. The minimum atomic E-state index is -2.34. The number of hydrogen-bond acceptors (Lipinski definition) is 2. The van der Waals surface area contributed by atoms with Crippen molar-refractivity contribution >= 4 is 0 Å². The average Bonchev–Trinajstić information content (AvgIpc) is 2.24. The third-order valence-corrected chi connectivity index (χ3v) is 2.75. The van der Waals surface area contributed by atoms with Crippen LogP contribution < -0.4 is 5.32 Å². The molecule has 1 aliphatic carbocycles. The van der Waals surface area contributed by atoms with Gasteiger partial charge in [0.05, 0.1) is 0 Å². The van der Waals surface area contributed by atoms with Crippen LogP contribution in [-0.2, 0) is 4.74 Å². The molecule has 0 aromatic heterocycles. The Bertz CT molecular complexity index is 150. The number of halogens is 2. The summed E-state index contributed by atoms with van der Waals surface area (Å²) >= 11 is 0. The summed E-state index contributed by atoms with van der Waals surface area (Å²) < 4.78 is 28.2. The fourth-order valence-corrected chi connectivity index (χ4v) is 1.96. The van der Waals surface area contributed by atoms with E-state index in [0.29, 0.717) is 12.6 Å². The quantitative estimate of drug-likeness (QED) is 0.667. The van der Waals surface area contributed by atoms with E-state index in [2.05, 4.69) is 5.32 Å². The van der Waals surface area contributed by atoms with Gasteiger partial charge in [0, 0.05) is 12.6 Å². The molecule has 0 amide bonds. The predicted octanol–water partition coefficient (Wildman–Crippen LogP) is 2.58. The molecule has 0 unspecified atom stereocenters. The normalized spacial score (nSPS) is 18.6. The van der Waals surface area contributed by atoms with Crippen molar-refractivity contribution in [3.05, 3.63) is 0 Å². The summed E-state index contributed by atoms with van der Waals surface area (Å²) in [4.78, 5) is 0. The van der Waals surface area contributed by atoms with Crippen LogP contribution in [0.4, 0.5) is 8.78 Å². The molecule has 0 atom stereocenters. The van der Waals surface area contributed by atoms with Gasteiger partial charge in [0.1, 0.15) is 6.61 Å². The third kappa shape index (κ3) is 6.79. The molecular formula is C11H21F2NO. The van der Waals surface area contributed by atoms with Crippen LogP contribution in [0.2, 0.25) is 0 Å². The molecule has 90 valence electrons. The van der Waals surface area contributed by atoms with Crippen LogP contribution in [0.5, 0.6) is 0 Å². The number of nitrogens with one attached hydrogen (secondary N) is 1. The van der Waals surface area contributed by atoms with Crippen molar-refractivity contribution in [2.75, 3.05) is 19.8 Å². The molecule has 0 heterocycles. The first-order valence-corrected chi connectivity index (χ1v) is 5.88. The monoisotopic (exact) mass is 221 g/mol. The minimum Gasteiger partial charge on any atom is -0.375 e. The van der Waals surface area contributed by atoms with E-state index in [1.165, 1.54) is 32.1 Å². The van der Waals surface area contributed by atoms with Crippen molar-refractivity contribution in [1.29, 1.82) is 0 Å². The molecule has 0 bridgehead atoms.